The molecule has 1 aromatic heterocycles. The topological polar surface area (TPSA) is 108 Å². The number of nitro benzene ring substituents is 1. The van der Waals surface area contributed by atoms with E-state index in [0.29, 0.717) is 22.2 Å². The highest BCUT2D eigenvalue weighted by Gasteiger charge is 2.25. The standard InChI is InChI=1S/C14H12N4O4S/c1-9-7-11(8-14(10(9)2)18(19)20)23(21,22)17-13-6-4-3-5-12(13)15-16-17/h3-8H,1-2H3. The third-order valence-electron chi connectivity index (χ3n) is 3.66. The van der Waals surface area contributed by atoms with Gasteiger partial charge in [-0.05, 0) is 37.6 Å². The zero-order chi connectivity index (χ0) is 16.8. The minimum atomic E-state index is -4.08. The predicted octanol–water partition coefficient (Wildman–Crippen LogP) is 2.19. The Bertz CT molecular complexity index is 1040. The third-order valence-corrected chi connectivity index (χ3v) is 5.21. The number of rotatable bonds is 3. The summed E-state index contributed by atoms with van der Waals surface area (Å²) in [5.41, 5.74) is 1.44. The number of aromatic nitrogens is 3. The Kier molecular flexibility index (Phi) is 3.37. The van der Waals surface area contributed by atoms with Crippen LogP contribution in [0.5, 0.6) is 0 Å². The summed E-state index contributed by atoms with van der Waals surface area (Å²) in [4.78, 5) is 10.3. The Morgan fingerprint density at radius 3 is 2.57 bits per heavy atom. The highest BCUT2D eigenvalue weighted by molar-refractivity contribution is 7.90. The van der Waals surface area contributed by atoms with Gasteiger partial charge in [0.05, 0.1) is 9.82 Å². The quantitative estimate of drug-likeness (QED) is 0.537. The third kappa shape index (κ3) is 2.34. The van der Waals surface area contributed by atoms with E-state index in [0.717, 1.165) is 10.2 Å². The second kappa shape index (κ2) is 5.13. The van der Waals surface area contributed by atoms with Crippen molar-refractivity contribution in [3.63, 3.8) is 0 Å². The van der Waals surface area contributed by atoms with Gasteiger partial charge in [-0.25, -0.2) is 0 Å². The second-order valence-corrected chi connectivity index (χ2v) is 6.83. The van der Waals surface area contributed by atoms with Crippen LogP contribution in [0, 0.1) is 24.0 Å². The number of aryl methyl sites for hydroxylation is 1. The monoisotopic (exact) mass is 332 g/mol. The Labute approximate surface area is 131 Å². The van der Waals surface area contributed by atoms with Gasteiger partial charge in [-0.2, -0.15) is 8.42 Å². The molecular weight excluding hydrogens is 320 g/mol. The average Bonchev–Trinajstić information content (AvgIpc) is 2.94. The molecule has 3 aromatic rings. The van der Waals surface area contributed by atoms with Gasteiger partial charge >= 0.3 is 0 Å². The minimum absolute atomic E-state index is 0.192. The minimum Gasteiger partial charge on any atom is -0.258 e. The van der Waals surface area contributed by atoms with Crippen molar-refractivity contribution in [3.8, 4) is 0 Å². The molecule has 0 aliphatic carbocycles. The van der Waals surface area contributed by atoms with Gasteiger partial charge in [0.25, 0.3) is 15.7 Å². The zero-order valence-corrected chi connectivity index (χ0v) is 13.1. The molecule has 1 heterocycles. The molecule has 8 nitrogen and oxygen atoms in total. The molecule has 0 spiro atoms. The average molecular weight is 332 g/mol. The van der Waals surface area contributed by atoms with Crippen molar-refractivity contribution >= 4 is 26.7 Å². The number of hydrogen-bond acceptors (Lipinski definition) is 6. The summed E-state index contributed by atoms with van der Waals surface area (Å²) in [7, 11) is -4.08. The molecule has 0 aliphatic heterocycles. The van der Waals surface area contributed by atoms with Gasteiger partial charge < -0.3 is 0 Å². The number of benzene rings is 2. The van der Waals surface area contributed by atoms with Crippen molar-refractivity contribution in [1.29, 1.82) is 0 Å². The Balaban J connectivity index is 2.27. The molecule has 0 bridgehead atoms. The fourth-order valence-corrected chi connectivity index (χ4v) is 3.60. The molecule has 0 aliphatic rings. The van der Waals surface area contributed by atoms with Crippen LogP contribution in [0.25, 0.3) is 11.0 Å². The molecule has 3 rings (SSSR count). The van der Waals surface area contributed by atoms with E-state index >= 15 is 0 Å². The summed E-state index contributed by atoms with van der Waals surface area (Å²) >= 11 is 0. The molecule has 0 radical (unpaired) electrons. The molecule has 0 fully saturated rings. The number of para-hydroxylation sites is 1. The Hall–Kier alpha value is -2.81. The molecule has 23 heavy (non-hydrogen) atoms. The zero-order valence-electron chi connectivity index (χ0n) is 12.3. The summed E-state index contributed by atoms with van der Waals surface area (Å²) in [5.74, 6) is 0. The summed E-state index contributed by atoms with van der Waals surface area (Å²) in [6.45, 7) is 3.20. The van der Waals surface area contributed by atoms with E-state index in [4.69, 9.17) is 0 Å². The van der Waals surface area contributed by atoms with Crippen LogP contribution in [0.15, 0.2) is 41.3 Å². The van der Waals surface area contributed by atoms with Crippen molar-refractivity contribution < 1.29 is 13.3 Å². The summed E-state index contributed by atoms with van der Waals surface area (Å²) in [5, 5.41) is 18.6. The van der Waals surface area contributed by atoms with Gasteiger partial charge in [0.15, 0.2) is 0 Å². The number of nitro groups is 1. The first-order valence-corrected chi connectivity index (χ1v) is 8.08. The second-order valence-electron chi connectivity index (χ2n) is 5.07. The molecule has 0 saturated carbocycles. The Morgan fingerprint density at radius 2 is 1.87 bits per heavy atom. The van der Waals surface area contributed by atoms with Crippen LogP contribution in [0.1, 0.15) is 11.1 Å². The highest BCUT2D eigenvalue weighted by atomic mass is 32.2. The number of fused-ring (bicyclic) bond motifs is 1. The summed E-state index contributed by atoms with van der Waals surface area (Å²) in [6.07, 6.45) is 0. The van der Waals surface area contributed by atoms with E-state index in [2.05, 4.69) is 10.3 Å². The fraction of sp³-hybridized carbons (Fsp3) is 0.143. The molecule has 0 saturated heterocycles. The number of nitrogens with zero attached hydrogens (tertiary/aromatic N) is 4. The van der Waals surface area contributed by atoms with Crippen molar-refractivity contribution in [1.82, 2.24) is 14.4 Å². The van der Waals surface area contributed by atoms with E-state index in [-0.39, 0.29) is 10.6 Å². The van der Waals surface area contributed by atoms with Crippen LogP contribution >= 0.6 is 0 Å². The van der Waals surface area contributed by atoms with E-state index in [9.17, 15) is 18.5 Å². The predicted molar refractivity (Wildman–Crippen MR) is 82.7 cm³/mol. The highest BCUT2D eigenvalue weighted by Crippen LogP contribution is 2.27. The van der Waals surface area contributed by atoms with E-state index < -0.39 is 14.9 Å². The lowest BCUT2D eigenvalue weighted by molar-refractivity contribution is -0.385. The summed E-state index contributed by atoms with van der Waals surface area (Å²) < 4.78 is 26.4. The fourth-order valence-electron chi connectivity index (χ4n) is 2.27. The smallest absolute Gasteiger partial charge is 0.258 e. The molecule has 0 unspecified atom stereocenters. The maximum absolute atomic E-state index is 12.8. The van der Waals surface area contributed by atoms with Gasteiger partial charge in [0.1, 0.15) is 11.0 Å². The Morgan fingerprint density at radius 1 is 1.17 bits per heavy atom. The first-order valence-electron chi connectivity index (χ1n) is 6.64. The molecule has 0 N–H and O–H groups in total. The van der Waals surface area contributed by atoms with Crippen LogP contribution in [0.4, 0.5) is 5.69 Å². The van der Waals surface area contributed by atoms with Gasteiger partial charge in [-0.3, -0.25) is 10.1 Å². The SMILES string of the molecule is Cc1cc(S(=O)(=O)n2nnc3ccccc32)cc([N+](=O)[O-])c1C. The van der Waals surface area contributed by atoms with Gasteiger partial charge in [-0.15, -0.1) is 9.19 Å². The molecular formula is C14H12N4O4S. The molecule has 2 aromatic carbocycles. The first kappa shape index (κ1) is 15.1. The first-order chi connectivity index (χ1) is 10.8. The number of hydrogen-bond donors (Lipinski definition) is 0. The van der Waals surface area contributed by atoms with Gasteiger partial charge in [0, 0.05) is 11.6 Å². The van der Waals surface area contributed by atoms with Crippen LogP contribution in [0.2, 0.25) is 0 Å². The molecule has 9 heteroatoms. The maximum Gasteiger partial charge on any atom is 0.285 e. The van der Waals surface area contributed by atoms with Gasteiger partial charge in [0.2, 0.25) is 0 Å². The van der Waals surface area contributed by atoms with E-state index in [1.54, 1.807) is 38.1 Å². The maximum atomic E-state index is 12.8. The molecule has 118 valence electrons. The van der Waals surface area contributed by atoms with Crippen LogP contribution in [-0.2, 0) is 10.0 Å². The lowest BCUT2D eigenvalue weighted by Gasteiger charge is -2.08. The van der Waals surface area contributed by atoms with Crippen LogP contribution < -0.4 is 0 Å². The normalized spacial score (nSPS) is 11.7. The van der Waals surface area contributed by atoms with Crippen molar-refractivity contribution in [3.05, 3.63) is 57.6 Å². The van der Waals surface area contributed by atoms with Crippen LogP contribution in [-0.4, -0.2) is 27.7 Å². The van der Waals surface area contributed by atoms with E-state index in [1.807, 2.05) is 0 Å². The largest absolute Gasteiger partial charge is 0.285 e. The molecule has 0 amide bonds. The van der Waals surface area contributed by atoms with Crippen molar-refractivity contribution in [2.75, 3.05) is 0 Å². The van der Waals surface area contributed by atoms with Gasteiger partial charge in [-0.1, -0.05) is 17.3 Å². The van der Waals surface area contributed by atoms with Crippen molar-refractivity contribution in [2.45, 2.75) is 18.7 Å². The van der Waals surface area contributed by atoms with Crippen LogP contribution in [0.3, 0.4) is 0 Å². The lowest BCUT2D eigenvalue weighted by atomic mass is 10.1. The lowest BCUT2D eigenvalue weighted by Crippen LogP contribution is -2.15. The summed E-state index contributed by atoms with van der Waals surface area (Å²) in [6, 6.07) is 9.04. The van der Waals surface area contributed by atoms with Crippen molar-refractivity contribution in [2.24, 2.45) is 0 Å². The molecule has 0 atom stereocenters. The van der Waals surface area contributed by atoms with E-state index in [1.165, 1.54) is 6.07 Å².